The van der Waals surface area contributed by atoms with E-state index in [1.165, 1.54) is 5.56 Å². The lowest BCUT2D eigenvalue weighted by atomic mass is 10.1. The van der Waals surface area contributed by atoms with Crippen molar-refractivity contribution in [3.8, 4) is 0 Å². The van der Waals surface area contributed by atoms with Gasteiger partial charge in [-0.1, -0.05) is 48.0 Å². The van der Waals surface area contributed by atoms with Gasteiger partial charge >= 0.3 is 0 Å². The average molecular weight is 430 g/mol. The summed E-state index contributed by atoms with van der Waals surface area (Å²) in [5.74, 6) is 0.789. The van der Waals surface area contributed by atoms with E-state index >= 15 is 0 Å². The quantitative estimate of drug-likeness (QED) is 0.465. The first kappa shape index (κ1) is 22.6. The van der Waals surface area contributed by atoms with E-state index in [1.807, 2.05) is 18.2 Å². The number of guanidine groups is 1. The number of benzene rings is 2. The lowest BCUT2D eigenvalue weighted by Gasteiger charge is -2.22. The van der Waals surface area contributed by atoms with Crippen LogP contribution in [-0.4, -0.2) is 31.8 Å². The SMILES string of the molecule is CCNC(=NCc1ccc(COC2CCOCC2)cc1)NC(C)c1cccc(Cl)c1. The van der Waals surface area contributed by atoms with Crippen molar-refractivity contribution in [1.82, 2.24) is 10.6 Å². The van der Waals surface area contributed by atoms with Crippen LogP contribution in [0.2, 0.25) is 5.02 Å². The number of hydrogen-bond donors (Lipinski definition) is 2. The first-order valence-corrected chi connectivity index (χ1v) is 11.1. The highest BCUT2D eigenvalue weighted by molar-refractivity contribution is 6.30. The van der Waals surface area contributed by atoms with Crippen LogP contribution in [0.25, 0.3) is 0 Å². The van der Waals surface area contributed by atoms with E-state index in [4.69, 9.17) is 26.1 Å². The summed E-state index contributed by atoms with van der Waals surface area (Å²) in [5, 5.41) is 7.50. The fourth-order valence-corrected chi connectivity index (χ4v) is 3.55. The second kappa shape index (κ2) is 11.9. The summed E-state index contributed by atoms with van der Waals surface area (Å²) in [7, 11) is 0. The maximum atomic E-state index is 6.12. The van der Waals surface area contributed by atoms with Gasteiger partial charge in [0.05, 0.1) is 25.3 Å². The molecule has 0 saturated carbocycles. The highest BCUT2D eigenvalue weighted by atomic mass is 35.5. The van der Waals surface area contributed by atoms with Crippen molar-refractivity contribution in [2.75, 3.05) is 19.8 Å². The van der Waals surface area contributed by atoms with Crippen LogP contribution in [-0.2, 0) is 22.6 Å². The van der Waals surface area contributed by atoms with Gasteiger partial charge in [0, 0.05) is 24.8 Å². The molecule has 2 aromatic rings. The third-order valence-electron chi connectivity index (χ3n) is 5.14. The Labute approximate surface area is 184 Å². The highest BCUT2D eigenvalue weighted by Crippen LogP contribution is 2.17. The Kier molecular flexibility index (Phi) is 9.00. The molecule has 2 aromatic carbocycles. The smallest absolute Gasteiger partial charge is 0.192 e. The molecular weight excluding hydrogens is 398 g/mol. The zero-order valence-electron chi connectivity index (χ0n) is 17.9. The molecule has 30 heavy (non-hydrogen) atoms. The van der Waals surface area contributed by atoms with E-state index in [1.54, 1.807) is 0 Å². The average Bonchev–Trinajstić information content (AvgIpc) is 2.77. The van der Waals surface area contributed by atoms with Crippen molar-refractivity contribution < 1.29 is 9.47 Å². The van der Waals surface area contributed by atoms with Crippen LogP contribution in [0.1, 0.15) is 49.4 Å². The Bertz CT molecular complexity index is 804. The van der Waals surface area contributed by atoms with Crippen molar-refractivity contribution in [2.45, 2.75) is 52.0 Å². The topological polar surface area (TPSA) is 54.9 Å². The molecule has 1 saturated heterocycles. The zero-order valence-corrected chi connectivity index (χ0v) is 18.6. The van der Waals surface area contributed by atoms with E-state index in [2.05, 4.69) is 54.8 Å². The number of halogens is 1. The van der Waals surface area contributed by atoms with Crippen molar-refractivity contribution >= 4 is 17.6 Å². The van der Waals surface area contributed by atoms with Crippen LogP contribution in [0.5, 0.6) is 0 Å². The molecule has 2 N–H and O–H groups in total. The number of nitrogens with one attached hydrogen (secondary N) is 2. The van der Waals surface area contributed by atoms with Gasteiger partial charge in [0.2, 0.25) is 0 Å². The predicted molar refractivity (Wildman–Crippen MR) is 123 cm³/mol. The second-order valence-corrected chi connectivity index (χ2v) is 7.99. The van der Waals surface area contributed by atoms with Crippen LogP contribution < -0.4 is 10.6 Å². The number of aliphatic imine (C=N–C) groups is 1. The molecule has 6 heteroatoms. The molecule has 1 fully saturated rings. The molecule has 5 nitrogen and oxygen atoms in total. The minimum Gasteiger partial charge on any atom is -0.381 e. The first-order chi connectivity index (χ1) is 14.6. The Balaban J connectivity index is 1.53. The summed E-state index contributed by atoms with van der Waals surface area (Å²) in [4.78, 5) is 4.74. The van der Waals surface area contributed by atoms with Gasteiger partial charge in [-0.05, 0) is 55.5 Å². The summed E-state index contributed by atoms with van der Waals surface area (Å²) in [6, 6.07) is 16.5. The molecule has 1 unspecified atom stereocenters. The summed E-state index contributed by atoms with van der Waals surface area (Å²) in [6.07, 6.45) is 2.29. The molecule has 3 rings (SSSR count). The summed E-state index contributed by atoms with van der Waals surface area (Å²) in [6.45, 7) is 7.84. The van der Waals surface area contributed by atoms with Gasteiger partial charge in [-0.3, -0.25) is 0 Å². The molecule has 1 aliphatic rings. The molecule has 1 atom stereocenters. The summed E-state index contributed by atoms with van der Waals surface area (Å²) in [5.41, 5.74) is 3.48. The summed E-state index contributed by atoms with van der Waals surface area (Å²) < 4.78 is 11.4. The zero-order chi connectivity index (χ0) is 21.2. The number of rotatable bonds is 8. The normalized spacial score (nSPS) is 16.3. The fraction of sp³-hybridized carbons (Fsp3) is 0.458. The Morgan fingerprint density at radius 1 is 1.17 bits per heavy atom. The predicted octanol–water partition coefficient (Wildman–Crippen LogP) is 4.85. The van der Waals surface area contributed by atoms with E-state index in [9.17, 15) is 0 Å². The van der Waals surface area contributed by atoms with Gasteiger partial charge in [0.1, 0.15) is 0 Å². The molecule has 1 heterocycles. The van der Waals surface area contributed by atoms with E-state index in [0.29, 0.717) is 19.3 Å². The van der Waals surface area contributed by atoms with Gasteiger partial charge in [-0.25, -0.2) is 4.99 Å². The Hall–Kier alpha value is -2.08. The van der Waals surface area contributed by atoms with Crippen molar-refractivity contribution in [1.29, 1.82) is 0 Å². The lowest BCUT2D eigenvalue weighted by molar-refractivity contribution is -0.0390. The van der Waals surface area contributed by atoms with Crippen LogP contribution in [0, 0.1) is 0 Å². The number of hydrogen-bond acceptors (Lipinski definition) is 3. The second-order valence-electron chi connectivity index (χ2n) is 7.56. The minimum absolute atomic E-state index is 0.103. The highest BCUT2D eigenvalue weighted by Gasteiger charge is 2.14. The van der Waals surface area contributed by atoms with Gasteiger partial charge in [-0.15, -0.1) is 0 Å². The fourth-order valence-electron chi connectivity index (χ4n) is 3.35. The van der Waals surface area contributed by atoms with E-state index < -0.39 is 0 Å². The van der Waals surface area contributed by atoms with E-state index in [0.717, 1.165) is 54.7 Å². The molecular formula is C24H32ClN3O2. The van der Waals surface area contributed by atoms with Gasteiger partial charge in [0.15, 0.2) is 5.96 Å². The molecule has 0 spiro atoms. The van der Waals surface area contributed by atoms with Gasteiger partial charge in [-0.2, -0.15) is 0 Å². The molecule has 0 radical (unpaired) electrons. The molecule has 0 bridgehead atoms. The van der Waals surface area contributed by atoms with E-state index in [-0.39, 0.29) is 6.04 Å². The Morgan fingerprint density at radius 2 is 1.90 bits per heavy atom. The van der Waals surface area contributed by atoms with Gasteiger partial charge < -0.3 is 20.1 Å². The van der Waals surface area contributed by atoms with Crippen LogP contribution in [0.15, 0.2) is 53.5 Å². The third-order valence-corrected chi connectivity index (χ3v) is 5.38. The molecule has 1 aliphatic heterocycles. The van der Waals surface area contributed by atoms with Gasteiger partial charge in [0.25, 0.3) is 0 Å². The van der Waals surface area contributed by atoms with Crippen molar-refractivity contribution in [3.05, 3.63) is 70.2 Å². The molecule has 162 valence electrons. The van der Waals surface area contributed by atoms with Crippen LogP contribution in [0.3, 0.4) is 0 Å². The molecule has 0 aromatic heterocycles. The number of ether oxygens (including phenoxy) is 2. The maximum Gasteiger partial charge on any atom is 0.192 e. The lowest BCUT2D eigenvalue weighted by Crippen LogP contribution is -2.38. The van der Waals surface area contributed by atoms with Crippen molar-refractivity contribution in [2.24, 2.45) is 4.99 Å². The molecule has 0 aliphatic carbocycles. The van der Waals surface area contributed by atoms with Crippen LogP contribution >= 0.6 is 11.6 Å². The summed E-state index contributed by atoms with van der Waals surface area (Å²) >= 11 is 6.12. The first-order valence-electron chi connectivity index (χ1n) is 10.7. The molecule has 0 amide bonds. The standard InChI is InChI=1S/C24H32ClN3O2/c1-3-26-24(28-18(2)21-5-4-6-22(25)15-21)27-16-19-7-9-20(10-8-19)17-30-23-11-13-29-14-12-23/h4-10,15,18,23H,3,11-14,16-17H2,1-2H3,(H2,26,27,28). The van der Waals surface area contributed by atoms with Crippen LogP contribution in [0.4, 0.5) is 0 Å². The monoisotopic (exact) mass is 429 g/mol. The maximum absolute atomic E-state index is 6.12. The van der Waals surface area contributed by atoms with Crippen molar-refractivity contribution in [3.63, 3.8) is 0 Å². The third kappa shape index (κ3) is 7.31. The minimum atomic E-state index is 0.103. The largest absolute Gasteiger partial charge is 0.381 e. The number of nitrogens with zero attached hydrogens (tertiary/aromatic N) is 1. The Morgan fingerprint density at radius 3 is 2.60 bits per heavy atom.